The molecule has 2 aliphatic rings. The van der Waals surface area contributed by atoms with Crippen molar-refractivity contribution < 1.29 is 31.5 Å². The number of rotatable bonds is 11. The SMILES string of the molecule is Cn1c(C=C2C=CC(c3ccccc3)=[N+]2B(F)F)ccc1CCC(=O)NCC(=O)N1CCn2c(nc(-c3ccc(F)cc3)c2Nc2ccc(F)cc2)C1(C)C. The second kappa shape index (κ2) is 15.3. The molecule has 4 heterocycles. The Morgan fingerprint density at radius 1 is 0.891 bits per heavy atom. The lowest BCUT2D eigenvalue weighted by molar-refractivity contribution is -0.339. The van der Waals surface area contributed by atoms with Crippen molar-refractivity contribution in [2.24, 2.45) is 7.05 Å². The summed E-state index contributed by atoms with van der Waals surface area (Å²) in [6, 6.07) is 24.6. The van der Waals surface area contributed by atoms with Crippen molar-refractivity contribution in [3.8, 4) is 11.3 Å². The van der Waals surface area contributed by atoms with Crippen molar-refractivity contribution in [1.29, 1.82) is 0 Å². The number of benzene rings is 3. The molecule has 280 valence electrons. The van der Waals surface area contributed by atoms with Gasteiger partial charge in [-0.2, -0.15) is 0 Å². The number of anilines is 2. The van der Waals surface area contributed by atoms with Crippen molar-refractivity contribution in [3.63, 3.8) is 0 Å². The number of hydrogen-bond acceptors (Lipinski definition) is 4. The zero-order valence-electron chi connectivity index (χ0n) is 30.6. The summed E-state index contributed by atoms with van der Waals surface area (Å²) in [5.41, 5.74) is 3.96. The maximum absolute atomic E-state index is 14.2. The van der Waals surface area contributed by atoms with Crippen LogP contribution in [-0.2, 0) is 35.1 Å². The molecular formula is C41H39BF4N7O2+. The molecule has 0 unspecified atom stereocenters. The normalized spacial score (nSPS) is 15.4. The molecule has 9 nitrogen and oxygen atoms in total. The van der Waals surface area contributed by atoms with Gasteiger partial charge in [0, 0.05) is 73.0 Å². The van der Waals surface area contributed by atoms with Gasteiger partial charge in [-0.15, -0.1) is 0 Å². The standard InChI is InChI=1S/C41H38BF4N7O2/c1-41(2)40-49-38(28-9-11-29(43)12-10-28)39(48-31-15-13-30(44)14-16-31)51(40)23-24-52(41)37(55)26-47-36(54)22-20-32-17-18-33(50(32)3)25-34-19-21-35(53(34)42(45)46)27-7-5-4-6-8-27/h4-19,21,25,48H,20,22-24,26H2,1-3H3/p+1. The summed E-state index contributed by atoms with van der Waals surface area (Å²) in [6.07, 6.45) is 5.52. The van der Waals surface area contributed by atoms with Gasteiger partial charge in [-0.3, -0.25) is 9.59 Å². The van der Waals surface area contributed by atoms with Gasteiger partial charge in [-0.1, -0.05) is 18.2 Å². The predicted octanol–water partition coefficient (Wildman–Crippen LogP) is 7.07. The fourth-order valence-corrected chi connectivity index (χ4v) is 7.14. The van der Waals surface area contributed by atoms with Crippen LogP contribution in [0.25, 0.3) is 17.3 Å². The molecule has 0 radical (unpaired) electrons. The molecule has 0 fully saturated rings. The molecule has 5 aromatic rings. The van der Waals surface area contributed by atoms with Gasteiger partial charge in [-0.05, 0) is 93.1 Å². The zero-order valence-corrected chi connectivity index (χ0v) is 30.6. The number of aryl methyl sites for hydroxylation is 1. The van der Waals surface area contributed by atoms with Crippen LogP contribution in [0.2, 0.25) is 0 Å². The molecule has 0 spiro atoms. The van der Waals surface area contributed by atoms with E-state index in [0.29, 0.717) is 70.8 Å². The van der Waals surface area contributed by atoms with Gasteiger partial charge >= 0.3 is 7.40 Å². The molecule has 0 bridgehead atoms. The number of hydrogen-bond donors (Lipinski definition) is 2. The maximum atomic E-state index is 14.2. The van der Waals surface area contributed by atoms with Crippen molar-refractivity contribution >= 4 is 42.5 Å². The number of halogens is 4. The summed E-state index contributed by atoms with van der Waals surface area (Å²) >= 11 is 0. The maximum Gasteiger partial charge on any atom is 0.935 e. The Bertz CT molecular complexity index is 2330. The molecule has 0 aliphatic carbocycles. The molecule has 0 saturated carbocycles. The Balaban J connectivity index is 1.01. The number of nitrogens with zero attached hydrogens (tertiary/aromatic N) is 5. The molecule has 14 heteroatoms. The van der Waals surface area contributed by atoms with E-state index in [1.54, 1.807) is 71.7 Å². The van der Waals surface area contributed by atoms with Gasteiger partial charge in [0.1, 0.15) is 29.0 Å². The first kappa shape index (κ1) is 37.2. The number of aromatic nitrogens is 3. The highest BCUT2D eigenvalue weighted by atomic mass is 19.2. The molecule has 3 aromatic carbocycles. The molecular weight excluding hydrogens is 709 g/mol. The number of fused-ring (bicyclic) bond motifs is 1. The molecule has 55 heavy (non-hydrogen) atoms. The van der Waals surface area contributed by atoms with Gasteiger partial charge < -0.3 is 24.7 Å². The summed E-state index contributed by atoms with van der Waals surface area (Å²) in [7, 11) is -0.915. The van der Waals surface area contributed by atoms with E-state index < -0.39 is 12.9 Å². The van der Waals surface area contributed by atoms with Gasteiger partial charge in [0.2, 0.25) is 11.8 Å². The van der Waals surface area contributed by atoms with E-state index in [2.05, 4.69) is 10.6 Å². The van der Waals surface area contributed by atoms with E-state index in [4.69, 9.17) is 4.98 Å². The van der Waals surface area contributed by atoms with Crippen LogP contribution in [0.3, 0.4) is 0 Å². The van der Waals surface area contributed by atoms with Crippen LogP contribution >= 0.6 is 0 Å². The predicted molar refractivity (Wildman–Crippen MR) is 205 cm³/mol. The van der Waals surface area contributed by atoms with Crippen molar-refractivity contribution in [2.75, 3.05) is 18.4 Å². The van der Waals surface area contributed by atoms with Crippen molar-refractivity contribution in [1.82, 2.24) is 24.3 Å². The van der Waals surface area contributed by atoms with Crippen LogP contribution in [0.15, 0.2) is 109 Å². The number of carbonyl (C=O) groups excluding carboxylic acids is 2. The Kier molecular flexibility index (Phi) is 10.3. The highest BCUT2D eigenvalue weighted by molar-refractivity contribution is 6.36. The molecule has 2 N–H and O–H groups in total. The monoisotopic (exact) mass is 748 g/mol. The topological polar surface area (TPSA) is 87.2 Å². The van der Waals surface area contributed by atoms with Gasteiger partial charge in [0.05, 0.1) is 12.1 Å². The van der Waals surface area contributed by atoms with Crippen LogP contribution in [0, 0.1) is 11.6 Å². The minimum atomic E-state index is -2.74. The highest BCUT2D eigenvalue weighted by Gasteiger charge is 2.43. The van der Waals surface area contributed by atoms with E-state index in [9.17, 15) is 27.0 Å². The van der Waals surface area contributed by atoms with Gasteiger partial charge in [0.15, 0.2) is 11.4 Å². The number of nitrogens with one attached hydrogen (secondary N) is 2. The van der Waals surface area contributed by atoms with Crippen LogP contribution < -0.4 is 10.6 Å². The second-order valence-corrected chi connectivity index (χ2v) is 13.9. The highest BCUT2D eigenvalue weighted by Crippen LogP contribution is 2.39. The van der Waals surface area contributed by atoms with Crippen LogP contribution in [0.5, 0.6) is 0 Å². The fraction of sp³-hybridized carbons (Fsp3) is 0.220. The van der Waals surface area contributed by atoms with Crippen LogP contribution in [0.4, 0.5) is 28.9 Å². The van der Waals surface area contributed by atoms with E-state index in [-0.39, 0.29) is 36.4 Å². The number of imidazole rings is 1. The van der Waals surface area contributed by atoms with Gasteiger partial charge in [-0.25, -0.2) is 26.9 Å². The second-order valence-electron chi connectivity index (χ2n) is 13.9. The van der Waals surface area contributed by atoms with Crippen molar-refractivity contribution in [2.45, 2.75) is 38.8 Å². The summed E-state index contributed by atoms with van der Waals surface area (Å²) in [5.74, 6) is -0.123. The minimum Gasteiger partial charge on any atom is -0.348 e. The fourth-order valence-electron chi connectivity index (χ4n) is 7.14. The first-order valence-electron chi connectivity index (χ1n) is 17.9. The van der Waals surface area contributed by atoms with Gasteiger partial charge in [0.25, 0.3) is 0 Å². The third-order valence-corrected chi connectivity index (χ3v) is 10.1. The first-order chi connectivity index (χ1) is 26.4. The number of allylic oxidation sites excluding steroid dienone is 2. The zero-order chi connectivity index (χ0) is 38.9. The third-order valence-electron chi connectivity index (χ3n) is 10.1. The Labute approximate surface area is 316 Å². The molecule has 7 rings (SSSR count). The smallest absolute Gasteiger partial charge is 0.348 e. The molecule has 2 amide bonds. The molecule has 2 aliphatic heterocycles. The van der Waals surface area contributed by atoms with E-state index in [1.807, 2.05) is 48.2 Å². The Hall–Kier alpha value is -6.18. The average molecular weight is 749 g/mol. The first-order valence-corrected chi connectivity index (χ1v) is 17.9. The van der Waals surface area contributed by atoms with E-state index in [0.717, 1.165) is 10.2 Å². The summed E-state index contributed by atoms with van der Waals surface area (Å²) in [4.78, 5) is 33.3. The lowest BCUT2D eigenvalue weighted by Gasteiger charge is -2.42. The molecule has 0 atom stereocenters. The summed E-state index contributed by atoms with van der Waals surface area (Å²) in [5, 5.41) is 6.11. The molecule has 2 aromatic heterocycles. The van der Waals surface area contributed by atoms with E-state index in [1.165, 1.54) is 24.3 Å². The Morgan fingerprint density at radius 2 is 1.58 bits per heavy atom. The van der Waals surface area contributed by atoms with Crippen LogP contribution in [0.1, 0.15) is 43.0 Å². The largest absolute Gasteiger partial charge is 0.935 e. The van der Waals surface area contributed by atoms with Crippen LogP contribution in [-0.4, -0.2) is 61.5 Å². The third kappa shape index (κ3) is 7.62. The average Bonchev–Trinajstić information content (AvgIpc) is 3.87. The van der Waals surface area contributed by atoms with E-state index >= 15 is 0 Å². The van der Waals surface area contributed by atoms with Crippen molar-refractivity contribution in [3.05, 3.63) is 143 Å². The minimum absolute atomic E-state index is 0.114. The Morgan fingerprint density at radius 3 is 2.27 bits per heavy atom. The molecule has 0 saturated heterocycles. The lowest BCUT2D eigenvalue weighted by Crippen LogP contribution is -2.54. The summed E-state index contributed by atoms with van der Waals surface area (Å²) < 4.78 is 60.7. The number of amides is 2. The quantitative estimate of drug-likeness (QED) is 0.112. The lowest BCUT2D eigenvalue weighted by atomic mass is 9.99. The number of carbonyl (C=O) groups is 2. The summed E-state index contributed by atoms with van der Waals surface area (Å²) in [6.45, 7) is 4.26.